The second kappa shape index (κ2) is 8.67. The Balaban J connectivity index is 1.82. The second-order valence-electron chi connectivity index (χ2n) is 6.44. The number of carbonyl (C=O) groups excluding carboxylic acids is 1. The van der Waals surface area contributed by atoms with E-state index < -0.39 is 0 Å². The van der Waals surface area contributed by atoms with E-state index in [2.05, 4.69) is 34.9 Å². The number of amides is 1. The largest absolute Gasteiger partial charge is 0.493 e. The van der Waals surface area contributed by atoms with Gasteiger partial charge in [-0.05, 0) is 61.7 Å². The molecule has 132 valence electrons. The first-order valence-electron chi connectivity index (χ1n) is 9.02. The van der Waals surface area contributed by atoms with E-state index >= 15 is 0 Å². The summed E-state index contributed by atoms with van der Waals surface area (Å²) in [5.41, 5.74) is 3.44. The lowest BCUT2D eigenvalue weighted by Crippen LogP contribution is -2.30. The maximum Gasteiger partial charge on any atom is 0.220 e. The van der Waals surface area contributed by atoms with Crippen molar-refractivity contribution >= 4 is 5.91 Å². The van der Waals surface area contributed by atoms with Crippen molar-refractivity contribution in [2.75, 3.05) is 20.2 Å². The highest BCUT2D eigenvalue weighted by Crippen LogP contribution is 2.30. The summed E-state index contributed by atoms with van der Waals surface area (Å²) in [6, 6.07) is 16.3. The van der Waals surface area contributed by atoms with Gasteiger partial charge in [-0.1, -0.05) is 36.4 Å². The van der Waals surface area contributed by atoms with Gasteiger partial charge in [0.15, 0.2) is 0 Å². The highest BCUT2D eigenvalue weighted by molar-refractivity contribution is 5.77. The summed E-state index contributed by atoms with van der Waals surface area (Å²) in [5, 5.41) is 6.29. The average Bonchev–Trinajstić information content (AvgIpc) is 2.66. The smallest absolute Gasteiger partial charge is 0.220 e. The number of hydrogen-bond acceptors (Lipinski definition) is 3. The molecule has 3 rings (SSSR count). The van der Waals surface area contributed by atoms with Gasteiger partial charge < -0.3 is 15.4 Å². The van der Waals surface area contributed by atoms with E-state index in [1.54, 1.807) is 0 Å². The molecule has 25 heavy (non-hydrogen) atoms. The minimum atomic E-state index is -0.129. The van der Waals surface area contributed by atoms with E-state index in [0.29, 0.717) is 6.42 Å². The Morgan fingerprint density at radius 1 is 1.16 bits per heavy atom. The third kappa shape index (κ3) is 4.60. The zero-order valence-corrected chi connectivity index (χ0v) is 14.8. The van der Waals surface area contributed by atoms with Crippen LogP contribution >= 0.6 is 0 Å². The Hall–Kier alpha value is -2.33. The Bertz CT molecular complexity index is 700. The third-order valence-corrected chi connectivity index (χ3v) is 4.53. The summed E-state index contributed by atoms with van der Waals surface area (Å²) in [7, 11) is 1.90. The van der Waals surface area contributed by atoms with Gasteiger partial charge in [0.1, 0.15) is 5.75 Å². The minimum Gasteiger partial charge on any atom is -0.493 e. The standard InChI is InChI=1S/C21H26N2O2/c1-22-13-5-10-20(24)23-21(16-7-3-2-4-8-16)18-11-12-19-17(15-18)9-6-14-25-19/h2-4,7-8,11-12,15,21-22H,5-6,9-10,13-14H2,1H3,(H,23,24). The van der Waals surface area contributed by atoms with E-state index in [-0.39, 0.29) is 11.9 Å². The molecule has 0 radical (unpaired) electrons. The van der Waals surface area contributed by atoms with Crippen LogP contribution < -0.4 is 15.4 Å². The summed E-state index contributed by atoms with van der Waals surface area (Å²) < 4.78 is 5.72. The van der Waals surface area contributed by atoms with Gasteiger partial charge in [-0.2, -0.15) is 0 Å². The molecule has 1 heterocycles. The van der Waals surface area contributed by atoms with Gasteiger partial charge in [0.2, 0.25) is 5.91 Å². The van der Waals surface area contributed by atoms with Crippen LogP contribution in [0.2, 0.25) is 0 Å². The topological polar surface area (TPSA) is 50.4 Å². The van der Waals surface area contributed by atoms with Crippen molar-refractivity contribution in [1.29, 1.82) is 0 Å². The lowest BCUT2D eigenvalue weighted by molar-refractivity contribution is -0.121. The number of aryl methyl sites for hydroxylation is 1. The summed E-state index contributed by atoms with van der Waals surface area (Å²) in [6.07, 6.45) is 3.43. The maximum absolute atomic E-state index is 12.4. The maximum atomic E-state index is 12.4. The van der Waals surface area contributed by atoms with Crippen LogP contribution in [0.1, 0.15) is 42.0 Å². The summed E-state index contributed by atoms with van der Waals surface area (Å²) in [6.45, 7) is 1.64. The zero-order chi connectivity index (χ0) is 17.5. The molecule has 0 saturated carbocycles. The van der Waals surface area contributed by atoms with Crippen LogP contribution in [0.15, 0.2) is 48.5 Å². The van der Waals surface area contributed by atoms with E-state index in [9.17, 15) is 4.79 Å². The first-order valence-corrected chi connectivity index (χ1v) is 9.02. The normalized spacial score (nSPS) is 14.3. The van der Waals surface area contributed by atoms with E-state index in [0.717, 1.165) is 49.3 Å². The molecule has 1 aliphatic heterocycles. The van der Waals surface area contributed by atoms with Gasteiger partial charge in [0, 0.05) is 6.42 Å². The van der Waals surface area contributed by atoms with Crippen molar-refractivity contribution in [2.45, 2.75) is 31.7 Å². The lowest BCUT2D eigenvalue weighted by atomic mass is 9.94. The highest BCUT2D eigenvalue weighted by atomic mass is 16.5. The first-order chi connectivity index (χ1) is 12.3. The van der Waals surface area contributed by atoms with Gasteiger partial charge in [0.05, 0.1) is 12.6 Å². The van der Waals surface area contributed by atoms with Crippen molar-refractivity contribution < 1.29 is 9.53 Å². The third-order valence-electron chi connectivity index (χ3n) is 4.53. The number of benzene rings is 2. The van der Waals surface area contributed by atoms with Crippen molar-refractivity contribution in [3.05, 3.63) is 65.2 Å². The van der Waals surface area contributed by atoms with Gasteiger partial charge in [-0.15, -0.1) is 0 Å². The predicted molar refractivity (Wildman–Crippen MR) is 99.8 cm³/mol. The quantitative estimate of drug-likeness (QED) is 0.762. The van der Waals surface area contributed by atoms with E-state index in [1.165, 1.54) is 5.56 Å². The molecule has 0 aliphatic carbocycles. The van der Waals surface area contributed by atoms with Crippen molar-refractivity contribution in [1.82, 2.24) is 10.6 Å². The van der Waals surface area contributed by atoms with Crippen LogP contribution in [0, 0.1) is 0 Å². The molecule has 1 amide bonds. The Labute approximate surface area is 149 Å². The molecule has 4 nitrogen and oxygen atoms in total. The summed E-state index contributed by atoms with van der Waals surface area (Å²) >= 11 is 0. The van der Waals surface area contributed by atoms with Crippen molar-refractivity contribution in [3.63, 3.8) is 0 Å². The number of carbonyl (C=O) groups is 1. The molecule has 2 N–H and O–H groups in total. The molecule has 1 unspecified atom stereocenters. The molecule has 4 heteroatoms. The van der Waals surface area contributed by atoms with Gasteiger partial charge in [-0.3, -0.25) is 4.79 Å². The molecule has 1 atom stereocenters. The van der Waals surface area contributed by atoms with Gasteiger partial charge in [0.25, 0.3) is 0 Å². The Morgan fingerprint density at radius 3 is 2.80 bits per heavy atom. The van der Waals surface area contributed by atoms with Crippen molar-refractivity contribution in [3.8, 4) is 5.75 Å². The first kappa shape index (κ1) is 17.5. The Morgan fingerprint density at radius 2 is 2.00 bits per heavy atom. The number of fused-ring (bicyclic) bond motifs is 1. The zero-order valence-electron chi connectivity index (χ0n) is 14.8. The van der Waals surface area contributed by atoms with Crippen LogP contribution in [0.3, 0.4) is 0 Å². The highest BCUT2D eigenvalue weighted by Gasteiger charge is 2.19. The molecule has 0 bridgehead atoms. The Kier molecular flexibility index (Phi) is 6.07. The molecule has 1 aliphatic rings. The molecular formula is C21H26N2O2. The predicted octanol–water partition coefficient (Wildman–Crippen LogP) is 3.22. The van der Waals surface area contributed by atoms with Crippen molar-refractivity contribution in [2.24, 2.45) is 0 Å². The van der Waals surface area contributed by atoms with Gasteiger partial charge in [-0.25, -0.2) is 0 Å². The second-order valence-corrected chi connectivity index (χ2v) is 6.44. The number of ether oxygens (including phenoxy) is 1. The molecular weight excluding hydrogens is 312 g/mol. The molecule has 0 aromatic heterocycles. The van der Waals surface area contributed by atoms with Crippen LogP contribution in [0.5, 0.6) is 5.75 Å². The fraction of sp³-hybridized carbons (Fsp3) is 0.381. The number of rotatable bonds is 7. The fourth-order valence-corrected chi connectivity index (χ4v) is 3.22. The van der Waals surface area contributed by atoms with Crippen LogP contribution in [-0.4, -0.2) is 26.1 Å². The van der Waals surface area contributed by atoms with Gasteiger partial charge >= 0.3 is 0 Å². The average molecular weight is 338 g/mol. The van der Waals surface area contributed by atoms with Crippen LogP contribution in [0.4, 0.5) is 0 Å². The molecule has 2 aromatic rings. The van der Waals surface area contributed by atoms with Crippen LogP contribution in [0.25, 0.3) is 0 Å². The summed E-state index contributed by atoms with van der Waals surface area (Å²) in [5.74, 6) is 1.06. The monoisotopic (exact) mass is 338 g/mol. The van der Waals surface area contributed by atoms with Crippen LogP contribution in [-0.2, 0) is 11.2 Å². The number of nitrogens with one attached hydrogen (secondary N) is 2. The van der Waals surface area contributed by atoms with E-state index in [4.69, 9.17) is 4.74 Å². The SMILES string of the molecule is CNCCCC(=O)NC(c1ccccc1)c1ccc2c(c1)CCCO2. The fourth-order valence-electron chi connectivity index (χ4n) is 3.22. The minimum absolute atomic E-state index is 0.0815. The molecule has 0 spiro atoms. The molecule has 2 aromatic carbocycles. The number of hydrogen-bond donors (Lipinski definition) is 2. The molecule has 0 fully saturated rings. The summed E-state index contributed by atoms with van der Waals surface area (Å²) in [4.78, 5) is 12.4. The lowest BCUT2D eigenvalue weighted by Gasteiger charge is -2.23. The molecule has 0 saturated heterocycles. The van der Waals surface area contributed by atoms with E-state index in [1.807, 2.05) is 31.3 Å².